The monoisotopic (exact) mass is 332 g/mol. The van der Waals surface area contributed by atoms with Crippen molar-refractivity contribution in [3.63, 3.8) is 0 Å². The fourth-order valence-corrected chi connectivity index (χ4v) is 5.34. The molecular weight excluding hydrogens is 304 g/mol. The highest BCUT2D eigenvalue weighted by Gasteiger charge is 2.31. The average Bonchev–Trinajstić information content (AvgIpc) is 2.79. The van der Waals surface area contributed by atoms with Crippen LogP contribution in [0.2, 0.25) is 0 Å². The van der Waals surface area contributed by atoms with Crippen LogP contribution in [0, 0.1) is 12.8 Å². The van der Waals surface area contributed by atoms with Gasteiger partial charge in [0.2, 0.25) is 10.0 Å². The fraction of sp³-hybridized carbons (Fsp3) is 0.733. The molecule has 0 aliphatic carbocycles. The summed E-state index contributed by atoms with van der Waals surface area (Å²) in [4.78, 5) is 1.40. The number of hydrogen-bond donors (Lipinski definition) is 1. The second-order valence-electron chi connectivity index (χ2n) is 5.85. The maximum absolute atomic E-state index is 12.9. The van der Waals surface area contributed by atoms with Crippen LogP contribution in [0.25, 0.3) is 0 Å². The molecule has 122 valence electrons. The Kier molecular flexibility index (Phi) is 6.84. The predicted molar refractivity (Wildman–Crippen MR) is 90.3 cm³/mol. The Morgan fingerprint density at radius 2 is 1.95 bits per heavy atom. The van der Waals surface area contributed by atoms with Crippen LogP contribution in [-0.2, 0) is 16.6 Å². The van der Waals surface area contributed by atoms with Crippen LogP contribution in [-0.4, -0.2) is 32.4 Å². The Hall–Kier alpha value is -0.430. The quantitative estimate of drug-likeness (QED) is 0.744. The molecule has 1 aromatic heterocycles. The molecule has 0 amide bonds. The Balaban J connectivity index is 3.10. The van der Waals surface area contributed by atoms with Gasteiger partial charge in [-0.15, -0.1) is 11.3 Å². The highest BCUT2D eigenvalue weighted by atomic mass is 32.2. The highest BCUT2D eigenvalue weighted by Crippen LogP contribution is 2.30. The van der Waals surface area contributed by atoms with E-state index in [0.29, 0.717) is 11.4 Å². The normalized spacial score (nSPS) is 14.1. The van der Waals surface area contributed by atoms with Crippen LogP contribution in [0.3, 0.4) is 0 Å². The highest BCUT2D eigenvalue weighted by molar-refractivity contribution is 7.89. The van der Waals surface area contributed by atoms with Crippen molar-refractivity contribution in [1.29, 1.82) is 0 Å². The number of rotatable bonds is 8. The molecule has 4 nitrogen and oxygen atoms in total. The van der Waals surface area contributed by atoms with Gasteiger partial charge in [0, 0.05) is 24.5 Å². The van der Waals surface area contributed by atoms with Crippen molar-refractivity contribution >= 4 is 21.4 Å². The average molecular weight is 333 g/mol. The van der Waals surface area contributed by atoms with Gasteiger partial charge in [-0.2, -0.15) is 4.31 Å². The van der Waals surface area contributed by atoms with Crippen LogP contribution in [0.4, 0.5) is 0 Å². The maximum Gasteiger partial charge on any atom is 0.244 e. The number of nitrogens with one attached hydrogen (secondary N) is 1. The molecule has 21 heavy (non-hydrogen) atoms. The lowest BCUT2D eigenvalue weighted by Crippen LogP contribution is -2.38. The van der Waals surface area contributed by atoms with Crippen LogP contribution < -0.4 is 5.32 Å². The van der Waals surface area contributed by atoms with Crippen molar-refractivity contribution in [1.82, 2.24) is 9.62 Å². The predicted octanol–water partition coefficient (Wildman–Crippen LogP) is 3.22. The van der Waals surface area contributed by atoms with E-state index in [1.807, 2.05) is 33.1 Å². The molecule has 1 heterocycles. The number of nitrogens with zero attached hydrogens (tertiary/aromatic N) is 1. The molecule has 0 aromatic carbocycles. The van der Waals surface area contributed by atoms with Gasteiger partial charge in [-0.05, 0) is 43.7 Å². The number of hydrogen-bond acceptors (Lipinski definition) is 4. The largest absolute Gasteiger partial charge is 0.312 e. The Morgan fingerprint density at radius 1 is 1.33 bits per heavy atom. The molecule has 0 saturated heterocycles. The van der Waals surface area contributed by atoms with Gasteiger partial charge >= 0.3 is 0 Å². The van der Waals surface area contributed by atoms with Gasteiger partial charge in [-0.3, -0.25) is 0 Å². The van der Waals surface area contributed by atoms with E-state index in [4.69, 9.17) is 0 Å². The first-order valence-corrected chi connectivity index (χ1v) is 9.81. The lowest BCUT2D eigenvalue weighted by atomic mass is 10.1. The SMILES string of the molecule is CCCNCc1scc(C)c1S(=O)(=O)N(C)C(C)C(C)C. The third kappa shape index (κ3) is 4.28. The van der Waals surface area contributed by atoms with Gasteiger partial charge in [0.25, 0.3) is 0 Å². The first-order valence-electron chi connectivity index (χ1n) is 7.49. The second kappa shape index (κ2) is 7.72. The van der Waals surface area contributed by atoms with Crippen molar-refractivity contribution in [2.75, 3.05) is 13.6 Å². The summed E-state index contributed by atoms with van der Waals surface area (Å²) in [6, 6.07) is -0.0225. The molecule has 1 N–H and O–H groups in total. The van der Waals surface area contributed by atoms with Gasteiger partial charge in [0.15, 0.2) is 0 Å². The van der Waals surface area contributed by atoms with E-state index < -0.39 is 10.0 Å². The topological polar surface area (TPSA) is 49.4 Å². The molecule has 1 unspecified atom stereocenters. The summed E-state index contributed by atoms with van der Waals surface area (Å²) < 4.78 is 27.3. The first-order chi connectivity index (χ1) is 9.73. The molecular formula is C15H28N2O2S2. The van der Waals surface area contributed by atoms with Gasteiger partial charge in [-0.1, -0.05) is 20.8 Å². The summed E-state index contributed by atoms with van der Waals surface area (Å²) in [6.45, 7) is 11.5. The van der Waals surface area contributed by atoms with Crippen LogP contribution in [0.1, 0.15) is 44.6 Å². The van der Waals surface area contributed by atoms with E-state index in [1.54, 1.807) is 7.05 Å². The molecule has 1 atom stereocenters. The Bertz CT molecular complexity index is 550. The van der Waals surface area contributed by atoms with E-state index in [9.17, 15) is 8.42 Å². The van der Waals surface area contributed by atoms with Crippen molar-refractivity contribution in [2.24, 2.45) is 5.92 Å². The fourth-order valence-electron chi connectivity index (χ4n) is 2.12. The molecule has 1 rings (SSSR count). The molecule has 0 aliphatic heterocycles. The van der Waals surface area contributed by atoms with E-state index in [-0.39, 0.29) is 12.0 Å². The van der Waals surface area contributed by atoms with Crippen LogP contribution >= 0.6 is 11.3 Å². The van der Waals surface area contributed by atoms with Gasteiger partial charge in [0.05, 0.1) is 0 Å². The van der Waals surface area contributed by atoms with E-state index >= 15 is 0 Å². The summed E-state index contributed by atoms with van der Waals surface area (Å²) in [6.07, 6.45) is 1.04. The van der Waals surface area contributed by atoms with Crippen molar-refractivity contribution in [3.8, 4) is 0 Å². The number of sulfonamides is 1. The number of thiophene rings is 1. The summed E-state index contributed by atoms with van der Waals surface area (Å²) >= 11 is 1.52. The Morgan fingerprint density at radius 3 is 2.48 bits per heavy atom. The Labute approximate surface area is 133 Å². The van der Waals surface area contributed by atoms with E-state index in [1.165, 1.54) is 15.6 Å². The number of aryl methyl sites for hydroxylation is 1. The molecule has 6 heteroatoms. The van der Waals surface area contributed by atoms with Gasteiger partial charge in [0.1, 0.15) is 4.90 Å². The van der Waals surface area contributed by atoms with Gasteiger partial charge < -0.3 is 5.32 Å². The van der Waals surface area contributed by atoms with E-state index in [0.717, 1.165) is 23.4 Å². The minimum atomic E-state index is -3.43. The second-order valence-corrected chi connectivity index (χ2v) is 8.75. The third-order valence-corrected chi connectivity index (χ3v) is 7.29. The summed E-state index contributed by atoms with van der Waals surface area (Å²) in [5.41, 5.74) is 0.844. The summed E-state index contributed by atoms with van der Waals surface area (Å²) in [5, 5.41) is 5.23. The molecule has 0 aliphatic rings. The molecule has 0 spiro atoms. The van der Waals surface area contributed by atoms with Crippen molar-refractivity contribution in [3.05, 3.63) is 15.8 Å². The zero-order valence-electron chi connectivity index (χ0n) is 13.9. The summed E-state index contributed by atoms with van der Waals surface area (Å²) in [7, 11) is -1.75. The molecule has 0 radical (unpaired) electrons. The van der Waals surface area contributed by atoms with Crippen LogP contribution in [0.5, 0.6) is 0 Å². The minimum absolute atomic E-state index is 0.0225. The molecule has 1 aromatic rings. The molecule has 0 fully saturated rings. The maximum atomic E-state index is 12.9. The standard InChI is InChI=1S/C15H28N2O2S2/c1-7-8-16-9-14-15(12(4)10-20-14)21(18,19)17(6)13(5)11(2)3/h10-11,13,16H,7-9H2,1-6H3. The lowest BCUT2D eigenvalue weighted by Gasteiger charge is -2.27. The smallest absolute Gasteiger partial charge is 0.244 e. The minimum Gasteiger partial charge on any atom is -0.312 e. The van der Waals surface area contributed by atoms with Crippen molar-refractivity contribution < 1.29 is 8.42 Å². The lowest BCUT2D eigenvalue weighted by molar-refractivity contribution is 0.315. The third-order valence-electron chi connectivity index (χ3n) is 3.88. The first kappa shape index (κ1) is 18.6. The zero-order valence-corrected chi connectivity index (χ0v) is 15.6. The van der Waals surface area contributed by atoms with Crippen LogP contribution in [0.15, 0.2) is 10.3 Å². The van der Waals surface area contributed by atoms with Gasteiger partial charge in [-0.25, -0.2) is 8.42 Å². The molecule has 0 bridgehead atoms. The van der Waals surface area contributed by atoms with Crippen molar-refractivity contribution in [2.45, 2.75) is 58.5 Å². The van der Waals surface area contributed by atoms with E-state index in [2.05, 4.69) is 12.2 Å². The summed E-state index contributed by atoms with van der Waals surface area (Å²) in [5.74, 6) is 0.283. The molecule has 0 saturated carbocycles. The zero-order chi connectivity index (χ0) is 16.2.